The lowest BCUT2D eigenvalue weighted by atomic mass is 10.0. The average Bonchev–Trinajstić information content (AvgIpc) is 2.04. The Morgan fingerprint density at radius 2 is 2.40 bits per heavy atom. The van der Waals surface area contributed by atoms with Crippen molar-refractivity contribution in [2.45, 2.75) is 32.2 Å². The van der Waals surface area contributed by atoms with Crippen molar-refractivity contribution in [3.8, 4) is 0 Å². The molecule has 1 heterocycles. The number of piperidine rings is 1. The number of hydrogen-bond donors (Lipinski definition) is 0. The molecule has 1 saturated heterocycles. The van der Waals surface area contributed by atoms with Crippen molar-refractivity contribution < 1.29 is 4.79 Å². The van der Waals surface area contributed by atoms with Crippen LogP contribution in [0.4, 0.5) is 0 Å². The first-order valence-corrected chi connectivity index (χ1v) is 4.08. The van der Waals surface area contributed by atoms with Crippen LogP contribution in [0.15, 0.2) is 0 Å². The van der Waals surface area contributed by atoms with Crippen LogP contribution < -0.4 is 0 Å². The zero-order valence-electron chi connectivity index (χ0n) is 6.55. The average molecular weight is 141 g/mol. The van der Waals surface area contributed by atoms with E-state index < -0.39 is 0 Å². The molecule has 10 heavy (non-hydrogen) atoms. The minimum Gasteiger partial charge on any atom is -0.302 e. The van der Waals surface area contributed by atoms with Gasteiger partial charge in [0, 0.05) is 0 Å². The molecule has 0 aromatic heterocycles. The standard InChI is InChI=1S/C8H15NO/c1-2-9-6-4-3-5-8(9)7-10/h7-8H,2-6H2,1H3/t8-/m0/s1. The number of nitrogens with zero attached hydrogens (tertiary/aromatic N) is 1. The van der Waals surface area contributed by atoms with Gasteiger partial charge < -0.3 is 4.79 Å². The van der Waals surface area contributed by atoms with Gasteiger partial charge in [0.05, 0.1) is 6.04 Å². The van der Waals surface area contributed by atoms with Crippen LogP contribution in [0.2, 0.25) is 0 Å². The van der Waals surface area contributed by atoms with Crippen LogP contribution in [0.1, 0.15) is 26.2 Å². The molecule has 1 aliphatic rings. The molecule has 0 unspecified atom stereocenters. The number of likely N-dealkylation sites (tertiary alicyclic amines) is 1. The van der Waals surface area contributed by atoms with E-state index in [4.69, 9.17) is 0 Å². The molecule has 0 N–H and O–H groups in total. The van der Waals surface area contributed by atoms with Crippen molar-refractivity contribution in [1.29, 1.82) is 0 Å². The monoisotopic (exact) mass is 141 g/mol. The fourth-order valence-electron chi connectivity index (χ4n) is 1.56. The quantitative estimate of drug-likeness (QED) is 0.536. The van der Waals surface area contributed by atoms with Gasteiger partial charge in [-0.15, -0.1) is 0 Å². The van der Waals surface area contributed by atoms with Crippen molar-refractivity contribution in [2.75, 3.05) is 13.1 Å². The molecule has 0 aliphatic carbocycles. The van der Waals surface area contributed by atoms with Gasteiger partial charge in [-0.1, -0.05) is 13.3 Å². The lowest BCUT2D eigenvalue weighted by molar-refractivity contribution is -0.113. The maximum atomic E-state index is 10.5. The molecule has 0 saturated carbocycles. The Morgan fingerprint density at radius 3 is 2.90 bits per heavy atom. The van der Waals surface area contributed by atoms with Crippen LogP contribution in [-0.4, -0.2) is 30.3 Å². The number of rotatable bonds is 2. The number of carbonyl (C=O) groups is 1. The summed E-state index contributed by atoms with van der Waals surface area (Å²) in [6.07, 6.45) is 4.64. The number of likely N-dealkylation sites (N-methyl/N-ethyl adjacent to an activating group) is 1. The molecule has 2 nitrogen and oxygen atoms in total. The highest BCUT2D eigenvalue weighted by molar-refractivity contribution is 5.57. The van der Waals surface area contributed by atoms with E-state index in [1.54, 1.807) is 0 Å². The summed E-state index contributed by atoms with van der Waals surface area (Å²) in [4.78, 5) is 12.7. The molecule has 1 aliphatic heterocycles. The van der Waals surface area contributed by atoms with Gasteiger partial charge in [0.15, 0.2) is 0 Å². The summed E-state index contributed by atoms with van der Waals surface area (Å²) in [6.45, 7) is 4.24. The molecule has 1 rings (SSSR count). The molecule has 1 atom stereocenters. The van der Waals surface area contributed by atoms with E-state index in [1.807, 2.05) is 0 Å². The lowest BCUT2D eigenvalue weighted by Crippen LogP contribution is -2.40. The first kappa shape index (κ1) is 7.73. The summed E-state index contributed by atoms with van der Waals surface area (Å²) in [6, 6.07) is 0.221. The Morgan fingerprint density at radius 1 is 1.60 bits per heavy atom. The van der Waals surface area contributed by atoms with E-state index >= 15 is 0 Å². The van der Waals surface area contributed by atoms with Gasteiger partial charge in [-0.2, -0.15) is 0 Å². The largest absolute Gasteiger partial charge is 0.302 e. The number of hydrogen-bond acceptors (Lipinski definition) is 2. The van der Waals surface area contributed by atoms with Gasteiger partial charge in [0.1, 0.15) is 6.29 Å². The third-order valence-electron chi connectivity index (χ3n) is 2.23. The molecule has 0 aromatic rings. The third kappa shape index (κ3) is 1.57. The van der Waals surface area contributed by atoms with E-state index in [2.05, 4.69) is 11.8 Å². The molecule has 0 radical (unpaired) electrons. The summed E-state index contributed by atoms with van der Waals surface area (Å²) in [7, 11) is 0. The molecule has 0 bridgehead atoms. The van der Waals surface area contributed by atoms with Crippen LogP contribution in [0.25, 0.3) is 0 Å². The van der Waals surface area contributed by atoms with Gasteiger partial charge in [-0.05, 0) is 25.9 Å². The highest BCUT2D eigenvalue weighted by Gasteiger charge is 2.19. The highest BCUT2D eigenvalue weighted by atomic mass is 16.1. The molecular weight excluding hydrogens is 126 g/mol. The maximum absolute atomic E-state index is 10.5. The zero-order valence-corrected chi connectivity index (χ0v) is 6.55. The number of carbonyl (C=O) groups excluding carboxylic acids is 1. The van der Waals surface area contributed by atoms with E-state index in [1.165, 1.54) is 12.8 Å². The second-order valence-corrected chi connectivity index (χ2v) is 2.83. The topological polar surface area (TPSA) is 20.3 Å². The Hall–Kier alpha value is -0.370. The van der Waals surface area contributed by atoms with Crippen LogP contribution >= 0.6 is 0 Å². The Bertz CT molecular complexity index is 114. The fourth-order valence-corrected chi connectivity index (χ4v) is 1.56. The smallest absolute Gasteiger partial charge is 0.137 e. The second-order valence-electron chi connectivity index (χ2n) is 2.83. The molecule has 0 aromatic carbocycles. The summed E-state index contributed by atoms with van der Waals surface area (Å²) in [5.74, 6) is 0. The lowest BCUT2D eigenvalue weighted by Gasteiger charge is -2.30. The zero-order chi connectivity index (χ0) is 7.40. The predicted octanol–water partition coefficient (Wildman–Crippen LogP) is 1.06. The van der Waals surface area contributed by atoms with E-state index in [0.29, 0.717) is 0 Å². The molecular formula is C8H15NO. The molecule has 2 heteroatoms. The summed E-state index contributed by atoms with van der Waals surface area (Å²) < 4.78 is 0. The van der Waals surface area contributed by atoms with Crippen LogP contribution in [0.5, 0.6) is 0 Å². The fraction of sp³-hybridized carbons (Fsp3) is 0.875. The number of aldehydes is 1. The molecule has 1 fully saturated rings. The van der Waals surface area contributed by atoms with Crippen LogP contribution in [0.3, 0.4) is 0 Å². The van der Waals surface area contributed by atoms with Crippen molar-refractivity contribution in [3.05, 3.63) is 0 Å². The molecule has 0 amide bonds. The third-order valence-corrected chi connectivity index (χ3v) is 2.23. The van der Waals surface area contributed by atoms with E-state index in [0.717, 1.165) is 25.8 Å². The SMILES string of the molecule is CCN1CCCC[C@H]1C=O. The molecule has 58 valence electrons. The Labute approximate surface area is 62.2 Å². The van der Waals surface area contributed by atoms with Gasteiger partial charge >= 0.3 is 0 Å². The predicted molar refractivity (Wildman–Crippen MR) is 41.0 cm³/mol. The van der Waals surface area contributed by atoms with Crippen molar-refractivity contribution in [3.63, 3.8) is 0 Å². The Kier molecular flexibility index (Phi) is 2.87. The van der Waals surface area contributed by atoms with Crippen LogP contribution in [-0.2, 0) is 4.79 Å². The summed E-state index contributed by atoms with van der Waals surface area (Å²) >= 11 is 0. The van der Waals surface area contributed by atoms with Gasteiger partial charge in [0.2, 0.25) is 0 Å². The van der Waals surface area contributed by atoms with Crippen molar-refractivity contribution in [1.82, 2.24) is 4.90 Å². The highest BCUT2D eigenvalue weighted by Crippen LogP contribution is 2.14. The first-order valence-electron chi connectivity index (χ1n) is 4.08. The normalized spacial score (nSPS) is 28.3. The Balaban J connectivity index is 2.41. The second kappa shape index (κ2) is 3.71. The van der Waals surface area contributed by atoms with E-state index in [9.17, 15) is 4.79 Å². The van der Waals surface area contributed by atoms with E-state index in [-0.39, 0.29) is 6.04 Å². The minimum atomic E-state index is 0.221. The summed E-state index contributed by atoms with van der Waals surface area (Å²) in [5, 5.41) is 0. The van der Waals surface area contributed by atoms with Crippen molar-refractivity contribution in [2.24, 2.45) is 0 Å². The van der Waals surface area contributed by atoms with Gasteiger partial charge in [0.25, 0.3) is 0 Å². The van der Waals surface area contributed by atoms with Gasteiger partial charge in [-0.3, -0.25) is 4.90 Å². The minimum absolute atomic E-state index is 0.221. The maximum Gasteiger partial charge on any atom is 0.137 e. The van der Waals surface area contributed by atoms with Gasteiger partial charge in [-0.25, -0.2) is 0 Å². The summed E-state index contributed by atoms with van der Waals surface area (Å²) in [5.41, 5.74) is 0. The van der Waals surface area contributed by atoms with Crippen LogP contribution in [0, 0.1) is 0 Å². The van der Waals surface area contributed by atoms with Crippen molar-refractivity contribution >= 4 is 6.29 Å². The molecule has 0 spiro atoms. The first-order chi connectivity index (χ1) is 4.88.